The maximum atomic E-state index is 11.5. The van der Waals surface area contributed by atoms with Crippen LogP contribution in [0.5, 0.6) is 0 Å². The van der Waals surface area contributed by atoms with Crippen LogP contribution in [0.25, 0.3) is 0 Å². The Morgan fingerprint density at radius 1 is 0.700 bits per heavy atom. The van der Waals surface area contributed by atoms with E-state index in [0.717, 1.165) is 11.1 Å². The summed E-state index contributed by atoms with van der Waals surface area (Å²) in [4.78, 5) is 11.5. The van der Waals surface area contributed by atoms with Crippen molar-refractivity contribution in [2.24, 2.45) is 0 Å². The second-order valence-corrected chi connectivity index (χ2v) is 5.15. The van der Waals surface area contributed by atoms with Crippen LogP contribution < -0.4 is 0 Å². The average molecular weight is 268 g/mol. The average Bonchev–Trinajstić information content (AvgIpc) is 2.82. The molecule has 1 heterocycles. The van der Waals surface area contributed by atoms with E-state index in [1.165, 1.54) is 11.1 Å². The predicted octanol–water partition coefficient (Wildman–Crippen LogP) is 4.25. The molecule has 3 heteroatoms. The molecule has 3 rings (SSSR count). The number of rotatable bonds is 2. The summed E-state index contributed by atoms with van der Waals surface area (Å²) in [7, 11) is 0. The number of cyclic esters (lactones) is 2. The molecule has 3 nitrogen and oxygen atoms in total. The van der Waals surface area contributed by atoms with Gasteiger partial charge in [0.15, 0.2) is 12.2 Å². The first-order valence-corrected chi connectivity index (χ1v) is 6.64. The fraction of sp³-hybridized carbons (Fsp3) is 0.235. The van der Waals surface area contributed by atoms with Crippen LogP contribution in [0.15, 0.2) is 48.5 Å². The van der Waals surface area contributed by atoms with Gasteiger partial charge in [0.25, 0.3) is 0 Å². The molecule has 0 radical (unpaired) electrons. The zero-order valence-electron chi connectivity index (χ0n) is 11.5. The van der Waals surface area contributed by atoms with E-state index in [4.69, 9.17) is 9.47 Å². The van der Waals surface area contributed by atoms with E-state index in [0.29, 0.717) is 0 Å². The van der Waals surface area contributed by atoms with Crippen molar-refractivity contribution in [3.8, 4) is 0 Å². The highest BCUT2D eigenvalue weighted by molar-refractivity contribution is 5.63. The topological polar surface area (TPSA) is 35.5 Å². The van der Waals surface area contributed by atoms with E-state index in [1.54, 1.807) is 0 Å². The van der Waals surface area contributed by atoms with Crippen molar-refractivity contribution in [3.05, 3.63) is 70.8 Å². The molecule has 0 aromatic heterocycles. The summed E-state index contributed by atoms with van der Waals surface area (Å²) in [6.07, 6.45) is -1.38. The van der Waals surface area contributed by atoms with Gasteiger partial charge >= 0.3 is 6.16 Å². The third-order valence-corrected chi connectivity index (χ3v) is 3.53. The molecule has 1 aliphatic heterocycles. The molecule has 0 aliphatic carbocycles. The lowest BCUT2D eigenvalue weighted by Gasteiger charge is -2.16. The Bertz CT molecular complexity index is 558. The maximum absolute atomic E-state index is 11.5. The van der Waals surface area contributed by atoms with Gasteiger partial charge in [0.05, 0.1) is 0 Å². The molecule has 1 aliphatic rings. The minimum atomic E-state index is -0.610. The first-order chi connectivity index (χ1) is 9.63. The van der Waals surface area contributed by atoms with Crippen molar-refractivity contribution in [1.29, 1.82) is 0 Å². The number of hydrogen-bond donors (Lipinski definition) is 0. The van der Waals surface area contributed by atoms with E-state index < -0.39 is 6.16 Å². The van der Waals surface area contributed by atoms with Crippen molar-refractivity contribution >= 4 is 6.16 Å². The summed E-state index contributed by atoms with van der Waals surface area (Å²) in [5, 5.41) is 0. The first-order valence-electron chi connectivity index (χ1n) is 6.64. The number of benzene rings is 2. The second-order valence-electron chi connectivity index (χ2n) is 5.15. The number of ether oxygens (including phenoxy) is 2. The van der Waals surface area contributed by atoms with Crippen LogP contribution in [0.2, 0.25) is 0 Å². The fourth-order valence-corrected chi connectivity index (χ4v) is 2.36. The molecule has 2 aromatic carbocycles. The minimum absolute atomic E-state index is 0.384. The number of hydrogen-bond acceptors (Lipinski definition) is 3. The number of carbonyl (C=O) groups excluding carboxylic acids is 1. The number of aryl methyl sites for hydroxylation is 2. The Hall–Kier alpha value is -2.29. The largest absolute Gasteiger partial charge is 0.509 e. The smallest absolute Gasteiger partial charge is 0.422 e. The first kappa shape index (κ1) is 12.7. The van der Waals surface area contributed by atoms with Crippen LogP contribution in [-0.2, 0) is 9.47 Å². The van der Waals surface area contributed by atoms with Crippen LogP contribution >= 0.6 is 0 Å². The van der Waals surface area contributed by atoms with Crippen LogP contribution in [0.4, 0.5) is 4.79 Å². The van der Waals surface area contributed by atoms with E-state index >= 15 is 0 Å². The normalized spacial score (nSPS) is 21.4. The van der Waals surface area contributed by atoms with Crippen LogP contribution in [-0.4, -0.2) is 6.16 Å². The lowest BCUT2D eigenvalue weighted by molar-refractivity contribution is 0.116. The molecule has 102 valence electrons. The van der Waals surface area contributed by atoms with Gasteiger partial charge in [-0.15, -0.1) is 0 Å². The van der Waals surface area contributed by atoms with Crippen molar-refractivity contribution in [1.82, 2.24) is 0 Å². The highest BCUT2D eigenvalue weighted by Gasteiger charge is 2.38. The molecule has 0 saturated carbocycles. The monoisotopic (exact) mass is 268 g/mol. The van der Waals surface area contributed by atoms with E-state index in [1.807, 2.05) is 62.4 Å². The highest BCUT2D eigenvalue weighted by Crippen LogP contribution is 2.40. The summed E-state index contributed by atoms with van der Waals surface area (Å²) < 4.78 is 10.6. The van der Waals surface area contributed by atoms with Crippen molar-refractivity contribution in [2.75, 3.05) is 0 Å². The molecule has 20 heavy (non-hydrogen) atoms. The van der Waals surface area contributed by atoms with Crippen LogP contribution in [0.1, 0.15) is 34.5 Å². The zero-order chi connectivity index (χ0) is 14.1. The Morgan fingerprint density at radius 3 is 1.40 bits per heavy atom. The van der Waals surface area contributed by atoms with Gasteiger partial charge in [0.2, 0.25) is 0 Å². The molecule has 0 amide bonds. The van der Waals surface area contributed by atoms with Gasteiger partial charge in [-0.25, -0.2) is 4.79 Å². The lowest BCUT2D eigenvalue weighted by Crippen LogP contribution is -2.07. The third kappa shape index (κ3) is 2.39. The maximum Gasteiger partial charge on any atom is 0.509 e. The fourth-order valence-electron chi connectivity index (χ4n) is 2.36. The van der Waals surface area contributed by atoms with Crippen molar-refractivity contribution in [3.63, 3.8) is 0 Å². The molecule has 0 unspecified atom stereocenters. The van der Waals surface area contributed by atoms with Gasteiger partial charge in [-0.05, 0) is 25.0 Å². The molecule has 0 N–H and O–H groups in total. The Kier molecular flexibility index (Phi) is 3.18. The minimum Gasteiger partial charge on any atom is -0.422 e. The predicted molar refractivity (Wildman–Crippen MR) is 75.4 cm³/mol. The molecule has 1 fully saturated rings. The summed E-state index contributed by atoms with van der Waals surface area (Å²) in [5.74, 6) is 0. The molecule has 0 spiro atoms. The Balaban J connectivity index is 1.94. The van der Waals surface area contributed by atoms with Gasteiger partial charge < -0.3 is 9.47 Å². The zero-order valence-corrected chi connectivity index (χ0v) is 11.5. The van der Waals surface area contributed by atoms with E-state index in [-0.39, 0.29) is 12.2 Å². The standard InChI is InChI=1S/C17H16O3/c1-11-3-7-13(8-4-11)15-16(20-17(18)19-15)14-9-5-12(2)6-10-14/h3-10,15-16H,1-2H3/t15-,16-/m1/s1. The molecule has 0 bridgehead atoms. The van der Waals surface area contributed by atoms with E-state index in [2.05, 4.69) is 0 Å². The second kappa shape index (κ2) is 5.00. The molecular weight excluding hydrogens is 252 g/mol. The van der Waals surface area contributed by atoms with Gasteiger partial charge in [0, 0.05) is 0 Å². The molecule has 2 aromatic rings. The summed E-state index contributed by atoms with van der Waals surface area (Å²) in [6, 6.07) is 15.9. The van der Waals surface area contributed by atoms with Gasteiger partial charge in [-0.3, -0.25) is 0 Å². The quantitative estimate of drug-likeness (QED) is 0.764. The van der Waals surface area contributed by atoms with Crippen molar-refractivity contribution < 1.29 is 14.3 Å². The number of carbonyl (C=O) groups is 1. The Morgan fingerprint density at radius 2 is 1.05 bits per heavy atom. The van der Waals surface area contributed by atoms with Crippen LogP contribution in [0, 0.1) is 13.8 Å². The van der Waals surface area contributed by atoms with Crippen molar-refractivity contribution in [2.45, 2.75) is 26.1 Å². The van der Waals surface area contributed by atoms with E-state index in [9.17, 15) is 4.79 Å². The summed E-state index contributed by atoms with van der Waals surface area (Å²) in [6.45, 7) is 4.05. The van der Waals surface area contributed by atoms with Gasteiger partial charge in [-0.2, -0.15) is 0 Å². The van der Waals surface area contributed by atoms with Gasteiger partial charge in [0.1, 0.15) is 0 Å². The summed E-state index contributed by atoms with van der Waals surface area (Å²) >= 11 is 0. The SMILES string of the molecule is Cc1ccc([C@H]2OC(=O)O[C@@H]2c2ccc(C)cc2)cc1. The molecular formula is C17H16O3. The van der Waals surface area contributed by atoms with Gasteiger partial charge in [-0.1, -0.05) is 59.7 Å². The molecule has 2 atom stereocenters. The Labute approximate surface area is 118 Å². The molecule has 1 saturated heterocycles. The summed E-state index contributed by atoms with van der Waals surface area (Å²) in [5.41, 5.74) is 4.25. The van der Waals surface area contributed by atoms with Crippen LogP contribution in [0.3, 0.4) is 0 Å². The highest BCUT2D eigenvalue weighted by atomic mass is 16.8. The lowest BCUT2D eigenvalue weighted by atomic mass is 9.97. The third-order valence-electron chi connectivity index (χ3n) is 3.53.